The smallest absolute Gasteiger partial charge is 0.221 e. The maximum Gasteiger partial charge on any atom is 0.221 e. The standard InChI is InChI=1S/C20H23N3O2/c1-14(24)21-18-11-16-7-4-6-10-20(16)23(13-18)12-17-8-3-5-9-19(17)22-15(2)25/h3-10,18H,11-13H2,1-2H3,(H,21,24)(H,22,25). The Bertz CT molecular complexity index is 788. The number of fused-ring (bicyclic) bond motifs is 1. The largest absolute Gasteiger partial charge is 0.365 e. The first kappa shape index (κ1) is 17.0. The van der Waals surface area contributed by atoms with Gasteiger partial charge in [-0.25, -0.2) is 0 Å². The van der Waals surface area contributed by atoms with Crippen LogP contribution in [0.4, 0.5) is 11.4 Å². The summed E-state index contributed by atoms with van der Waals surface area (Å²) in [6, 6.07) is 16.2. The van der Waals surface area contributed by atoms with Gasteiger partial charge < -0.3 is 15.5 Å². The van der Waals surface area contributed by atoms with Crippen molar-refractivity contribution < 1.29 is 9.59 Å². The molecule has 2 aromatic carbocycles. The number of nitrogens with zero attached hydrogens (tertiary/aromatic N) is 1. The molecule has 1 heterocycles. The highest BCUT2D eigenvalue weighted by Gasteiger charge is 2.25. The van der Waals surface area contributed by atoms with Crippen LogP contribution in [0.25, 0.3) is 0 Å². The van der Waals surface area contributed by atoms with Crippen molar-refractivity contribution in [3.05, 3.63) is 59.7 Å². The third-order valence-electron chi connectivity index (χ3n) is 4.34. The summed E-state index contributed by atoms with van der Waals surface area (Å²) in [5.41, 5.74) is 4.29. The molecule has 0 saturated carbocycles. The predicted molar refractivity (Wildman–Crippen MR) is 99.5 cm³/mol. The lowest BCUT2D eigenvalue weighted by atomic mass is 9.97. The zero-order valence-corrected chi connectivity index (χ0v) is 14.6. The number of nitrogens with one attached hydrogen (secondary N) is 2. The van der Waals surface area contributed by atoms with E-state index in [1.54, 1.807) is 6.92 Å². The predicted octanol–water partition coefficient (Wildman–Crippen LogP) is 2.71. The fourth-order valence-electron chi connectivity index (χ4n) is 3.40. The van der Waals surface area contributed by atoms with Gasteiger partial charge >= 0.3 is 0 Å². The SMILES string of the molecule is CC(=O)Nc1ccccc1CN1CC(NC(C)=O)Cc2ccccc21. The molecule has 2 N–H and O–H groups in total. The molecule has 0 bridgehead atoms. The lowest BCUT2D eigenvalue weighted by molar-refractivity contribution is -0.119. The van der Waals surface area contributed by atoms with E-state index in [4.69, 9.17) is 0 Å². The Morgan fingerprint density at radius 3 is 2.52 bits per heavy atom. The molecular formula is C20H23N3O2. The van der Waals surface area contributed by atoms with Gasteiger partial charge in [0.15, 0.2) is 0 Å². The first-order valence-corrected chi connectivity index (χ1v) is 8.48. The Labute approximate surface area is 148 Å². The van der Waals surface area contributed by atoms with E-state index < -0.39 is 0 Å². The van der Waals surface area contributed by atoms with E-state index in [1.807, 2.05) is 36.4 Å². The number of anilines is 2. The number of para-hydroxylation sites is 2. The monoisotopic (exact) mass is 337 g/mol. The molecule has 1 unspecified atom stereocenters. The van der Waals surface area contributed by atoms with E-state index in [0.717, 1.165) is 24.2 Å². The summed E-state index contributed by atoms with van der Waals surface area (Å²) in [5, 5.41) is 5.93. The summed E-state index contributed by atoms with van der Waals surface area (Å²) in [4.78, 5) is 25.2. The Kier molecular flexibility index (Phi) is 5.03. The van der Waals surface area contributed by atoms with Gasteiger partial charge in [-0.2, -0.15) is 0 Å². The molecule has 25 heavy (non-hydrogen) atoms. The summed E-state index contributed by atoms with van der Waals surface area (Å²) < 4.78 is 0. The number of hydrogen-bond donors (Lipinski definition) is 2. The highest BCUT2D eigenvalue weighted by Crippen LogP contribution is 2.29. The number of carbonyl (C=O) groups is 2. The minimum atomic E-state index is -0.0809. The molecule has 2 aromatic rings. The average Bonchev–Trinajstić information content (AvgIpc) is 2.55. The Hall–Kier alpha value is -2.82. The second kappa shape index (κ2) is 7.38. The molecule has 0 aromatic heterocycles. The first-order valence-electron chi connectivity index (χ1n) is 8.48. The maximum absolute atomic E-state index is 11.5. The third kappa shape index (κ3) is 4.18. The van der Waals surface area contributed by atoms with Crippen molar-refractivity contribution in [2.75, 3.05) is 16.8 Å². The quantitative estimate of drug-likeness (QED) is 0.902. The van der Waals surface area contributed by atoms with E-state index in [1.165, 1.54) is 18.2 Å². The van der Waals surface area contributed by atoms with Crippen LogP contribution in [-0.2, 0) is 22.6 Å². The second-order valence-corrected chi connectivity index (χ2v) is 6.45. The summed E-state index contributed by atoms with van der Waals surface area (Å²) >= 11 is 0. The molecule has 5 nitrogen and oxygen atoms in total. The van der Waals surface area contributed by atoms with Crippen LogP contribution in [0.1, 0.15) is 25.0 Å². The van der Waals surface area contributed by atoms with E-state index in [2.05, 4.69) is 27.7 Å². The number of hydrogen-bond acceptors (Lipinski definition) is 3. The molecule has 0 spiro atoms. The molecule has 0 saturated heterocycles. The van der Waals surface area contributed by atoms with Gasteiger partial charge in [-0.3, -0.25) is 9.59 Å². The van der Waals surface area contributed by atoms with Crippen molar-refractivity contribution in [1.82, 2.24) is 5.32 Å². The van der Waals surface area contributed by atoms with E-state index in [9.17, 15) is 9.59 Å². The Morgan fingerprint density at radius 2 is 1.76 bits per heavy atom. The summed E-state index contributed by atoms with van der Waals surface area (Å²) in [6.45, 7) is 4.48. The van der Waals surface area contributed by atoms with Crippen LogP contribution >= 0.6 is 0 Å². The normalized spacial score (nSPS) is 16.1. The molecule has 1 aliphatic rings. The zero-order valence-electron chi connectivity index (χ0n) is 14.6. The van der Waals surface area contributed by atoms with Crippen LogP contribution in [0.3, 0.4) is 0 Å². The average molecular weight is 337 g/mol. The molecular weight excluding hydrogens is 314 g/mol. The van der Waals surface area contributed by atoms with Gasteiger partial charge in [-0.1, -0.05) is 36.4 Å². The molecule has 5 heteroatoms. The van der Waals surface area contributed by atoms with E-state index in [0.29, 0.717) is 6.54 Å². The molecule has 2 amide bonds. The first-order chi connectivity index (χ1) is 12.0. The lowest BCUT2D eigenvalue weighted by Crippen LogP contribution is -2.47. The number of benzene rings is 2. The third-order valence-corrected chi connectivity index (χ3v) is 4.34. The van der Waals surface area contributed by atoms with Crippen molar-refractivity contribution in [3.8, 4) is 0 Å². The molecule has 1 aliphatic heterocycles. The number of amides is 2. The molecule has 0 radical (unpaired) electrons. The van der Waals surface area contributed by atoms with Crippen LogP contribution in [-0.4, -0.2) is 24.4 Å². The van der Waals surface area contributed by atoms with Crippen molar-refractivity contribution in [2.45, 2.75) is 32.9 Å². The van der Waals surface area contributed by atoms with Crippen LogP contribution in [0, 0.1) is 0 Å². The number of rotatable bonds is 4. The van der Waals surface area contributed by atoms with E-state index >= 15 is 0 Å². The summed E-state index contributed by atoms with van der Waals surface area (Å²) in [5.74, 6) is -0.0920. The van der Waals surface area contributed by atoms with Crippen LogP contribution < -0.4 is 15.5 Å². The second-order valence-electron chi connectivity index (χ2n) is 6.45. The van der Waals surface area contributed by atoms with Gasteiger partial charge in [-0.15, -0.1) is 0 Å². The van der Waals surface area contributed by atoms with Gasteiger partial charge in [-0.05, 0) is 29.7 Å². The topological polar surface area (TPSA) is 61.4 Å². The molecule has 1 atom stereocenters. The highest BCUT2D eigenvalue weighted by atomic mass is 16.2. The van der Waals surface area contributed by atoms with Crippen molar-refractivity contribution >= 4 is 23.2 Å². The van der Waals surface area contributed by atoms with Gasteiger partial charge in [0.25, 0.3) is 0 Å². The van der Waals surface area contributed by atoms with Gasteiger partial charge in [0.2, 0.25) is 11.8 Å². The Balaban J connectivity index is 1.88. The van der Waals surface area contributed by atoms with Crippen LogP contribution in [0.15, 0.2) is 48.5 Å². The van der Waals surface area contributed by atoms with Gasteiger partial charge in [0.1, 0.15) is 0 Å². The van der Waals surface area contributed by atoms with Crippen molar-refractivity contribution in [1.29, 1.82) is 0 Å². The molecule has 3 rings (SSSR count). The molecule has 130 valence electrons. The van der Waals surface area contributed by atoms with Crippen molar-refractivity contribution in [3.63, 3.8) is 0 Å². The van der Waals surface area contributed by atoms with Gasteiger partial charge in [0.05, 0.1) is 6.04 Å². The maximum atomic E-state index is 11.5. The van der Waals surface area contributed by atoms with E-state index in [-0.39, 0.29) is 17.9 Å². The number of carbonyl (C=O) groups excluding carboxylic acids is 2. The highest BCUT2D eigenvalue weighted by molar-refractivity contribution is 5.89. The lowest BCUT2D eigenvalue weighted by Gasteiger charge is -2.36. The van der Waals surface area contributed by atoms with Crippen LogP contribution in [0.5, 0.6) is 0 Å². The fraction of sp³-hybridized carbons (Fsp3) is 0.300. The molecule has 0 aliphatic carbocycles. The summed E-state index contributed by atoms with van der Waals surface area (Å²) in [7, 11) is 0. The van der Waals surface area contributed by atoms with Crippen LogP contribution in [0.2, 0.25) is 0 Å². The summed E-state index contributed by atoms with van der Waals surface area (Å²) in [6.07, 6.45) is 0.833. The zero-order chi connectivity index (χ0) is 17.8. The minimum Gasteiger partial charge on any atom is -0.365 e. The Morgan fingerprint density at radius 1 is 1.04 bits per heavy atom. The minimum absolute atomic E-state index is 0.0111. The van der Waals surface area contributed by atoms with Crippen molar-refractivity contribution in [2.24, 2.45) is 0 Å². The molecule has 0 fully saturated rings. The van der Waals surface area contributed by atoms with Gasteiger partial charge in [0, 0.05) is 38.3 Å². The fourth-order valence-corrected chi connectivity index (χ4v) is 3.40.